The van der Waals surface area contributed by atoms with E-state index in [-0.39, 0.29) is 18.1 Å². The molecule has 0 spiro atoms. The second-order valence-corrected chi connectivity index (χ2v) is 7.49. The average Bonchev–Trinajstić information content (AvgIpc) is 3.37. The third-order valence-electron chi connectivity index (χ3n) is 4.54. The Morgan fingerprint density at radius 1 is 1.17 bits per heavy atom. The average molecular weight is 406 g/mol. The number of rotatable bonds is 6. The van der Waals surface area contributed by atoms with Gasteiger partial charge in [-0.25, -0.2) is 14.4 Å². The highest BCUT2D eigenvalue weighted by Gasteiger charge is 2.21. The number of nitrogens with zero attached hydrogens (tertiary/aromatic N) is 3. The van der Waals surface area contributed by atoms with Gasteiger partial charge in [0, 0.05) is 30.4 Å². The van der Waals surface area contributed by atoms with Gasteiger partial charge in [0.15, 0.2) is 0 Å². The zero-order valence-electron chi connectivity index (χ0n) is 15.7. The van der Waals surface area contributed by atoms with Gasteiger partial charge in [-0.05, 0) is 17.7 Å². The summed E-state index contributed by atoms with van der Waals surface area (Å²) in [7, 11) is 1.86. The van der Waals surface area contributed by atoms with Crippen molar-refractivity contribution in [1.82, 2.24) is 19.9 Å². The summed E-state index contributed by atoms with van der Waals surface area (Å²) in [5.41, 5.74) is 2.50. The maximum absolute atomic E-state index is 13.3. The number of hydrogen-bond acceptors (Lipinski definition) is 4. The van der Waals surface area contributed by atoms with Crippen LogP contribution in [0.1, 0.15) is 23.1 Å². The predicted octanol–water partition coefficient (Wildman–Crippen LogP) is 4.13. The SMILES string of the molecule is Cn1ccnc1C(NC(=O)Cc1csc(-c2ccccc2)n1)c1ccc(F)cc1. The summed E-state index contributed by atoms with van der Waals surface area (Å²) in [5.74, 6) is 0.176. The van der Waals surface area contributed by atoms with Gasteiger partial charge in [-0.3, -0.25) is 4.79 Å². The first-order valence-electron chi connectivity index (χ1n) is 9.12. The van der Waals surface area contributed by atoms with E-state index >= 15 is 0 Å². The van der Waals surface area contributed by atoms with E-state index in [4.69, 9.17) is 0 Å². The molecule has 0 saturated heterocycles. The number of benzene rings is 2. The quantitative estimate of drug-likeness (QED) is 0.524. The molecule has 2 heterocycles. The first kappa shape index (κ1) is 19.0. The Bertz CT molecular complexity index is 1110. The van der Waals surface area contributed by atoms with Crippen molar-refractivity contribution in [1.29, 1.82) is 0 Å². The van der Waals surface area contributed by atoms with Gasteiger partial charge in [-0.1, -0.05) is 42.5 Å². The Hall–Kier alpha value is -3.32. The zero-order valence-corrected chi connectivity index (χ0v) is 16.6. The highest BCUT2D eigenvalue weighted by atomic mass is 32.1. The van der Waals surface area contributed by atoms with Crippen LogP contribution in [-0.4, -0.2) is 20.4 Å². The number of amides is 1. The fourth-order valence-corrected chi connectivity index (χ4v) is 3.91. The van der Waals surface area contributed by atoms with E-state index in [9.17, 15) is 9.18 Å². The number of carbonyl (C=O) groups excluding carboxylic acids is 1. The second-order valence-electron chi connectivity index (χ2n) is 6.64. The van der Waals surface area contributed by atoms with Crippen LogP contribution < -0.4 is 5.32 Å². The molecule has 0 saturated carbocycles. The van der Waals surface area contributed by atoms with Gasteiger partial charge in [-0.2, -0.15) is 0 Å². The molecule has 1 atom stereocenters. The summed E-state index contributed by atoms with van der Waals surface area (Å²) in [6, 6.07) is 15.5. The van der Waals surface area contributed by atoms with Gasteiger partial charge in [0.2, 0.25) is 5.91 Å². The van der Waals surface area contributed by atoms with Crippen LogP contribution >= 0.6 is 11.3 Å². The molecule has 7 heteroatoms. The maximum atomic E-state index is 13.3. The number of imidazole rings is 1. The summed E-state index contributed by atoms with van der Waals surface area (Å²) >= 11 is 1.51. The lowest BCUT2D eigenvalue weighted by Gasteiger charge is -2.19. The van der Waals surface area contributed by atoms with Crippen LogP contribution in [-0.2, 0) is 18.3 Å². The van der Waals surface area contributed by atoms with Crippen molar-refractivity contribution in [3.8, 4) is 10.6 Å². The Kier molecular flexibility index (Phi) is 5.48. The number of hydrogen-bond donors (Lipinski definition) is 1. The Balaban J connectivity index is 1.52. The minimum Gasteiger partial charge on any atom is -0.342 e. The molecule has 29 heavy (non-hydrogen) atoms. The molecule has 0 bridgehead atoms. The molecule has 4 aromatic rings. The van der Waals surface area contributed by atoms with Gasteiger partial charge in [0.1, 0.15) is 22.7 Å². The van der Waals surface area contributed by atoms with E-state index in [1.807, 2.05) is 53.5 Å². The van der Waals surface area contributed by atoms with Crippen molar-refractivity contribution in [2.24, 2.45) is 7.05 Å². The number of aryl methyl sites for hydroxylation is 1. The predicted molar refractivity (Wildman–Crippen MR) is 111 cm³/mol. The molecular weight excluding hydrogens is 387 g/mol. The van der Waals surface area contributed by atoms with Crippen molar-refractivity contribution < 1.29 is 9.18 Å². The smallest absolute Gasteiger partial charge is 0.226 e. The molecule has 1 amide bonds. The molecule has 2 aromatic heterocycles. The summed E-state index contributed by atoms with van der Waals surface area (Å²) in [4.78, 5) is 21.7. The number of nitrogens with one attached hydrogen (secondary N) is 1. The fourth-order valence-electron chi connectivity index (χ4n) is 3.09. The molecule has 1 unspecified atom stereocenters. The third kappa shape index (κ3) is 4.41. The minimum absolute atomic E-state index is 0.158. The summed E-state index contributed by atoms with van der Waals surface area (Å²) < 4.78 is 15.2. The summed E-state index contributed by atoms with van der Waals surface area (Å²) in [6.45, 7) is 0. The summed E-state index contributed by atoms with van der Waals surface area (Å²) in [6.07, 6.45) is 3.64. The molecule has 2 aromatic carbocycles. The Morgan fingerprint density at radius 2 is 1.93 bits per heavy atom. The molecule has 0 fully saturated rings. The first-order valence-corrected chi connectivity index (χ1v) is 10.00. The molecule has 1 N–H and O–H groups in total. The van der Waals surface area contributed by atoms with Crippen LogP contribution in [0.4, 0.5) is 4.39 Å². The van der Waals surface area contributed by atoms with Crippen LogP contribution in [0.3, 0.4) is 0 Å². The van der Waals surface area contributed by atoms with Gasteiger partial charge >= 0.3 is 0 Å². The molecule has 0 aliphatic heterocycles. The molecule has 146 valence electrons. The van der Waals surface area contributed by atoms with Gasteiger partial charge in [-0.15, -0.1) is 11.3 Å². The van der Waals surface area contributed by atoms with Gasteiger partial charge < -0.3 is 9.88 Å². The highest BCUT2D eigenvalue weighted by Crippen LogP contribution is 2.24. The van der Waals surface area contributed by atoms with Crippen LogP contribution in [0.25, 0.3) is 10.6 Å². The lowest BCUT2D eigenvalue weighted by molar-refractivity contribution is -0.121. The minimum atomic E-state index is -0.477. The Morgan fingerprint density at radius 3 is 2.62 bits per heavy atom. The third-order valence-corrected chi connectivity index (χ3v) is 5.48. The number of carbonyl (C=O) groups is 1. The van der Waals surface area contributed by atoms with Gasteiger partial charge in [0.25, 0.3) is 0 Å². The molecule has 0 aliphatic carbocycles. The van der Waals surface area contributed by atoms with Crippen LogP contribution in [0.5, 0.6) is 0 Å². The van der Waals surface area contributed by atoms with Crippen molar-refractivity contribution in [2.75, 3.05) is 0 Å². The van der Waals surface area contributed by atoms with Crippen molar-refractivity contribution in [3.63, 3.8) is 0 Å². The largest absolute Gasteiger partial charge is 0.342 e. The number of thiazole rings is 1. The monoisotopic (exact) mass is 406 g/mol. The van der Waals surface area contributed by atoms with Crippen LogP contribution in [0, 0.1) is 5.82 Å². The number of aromatic nitrogens is 3. The first-order chi connectivity index (χ1) is 14.1. The zero-order chi connectivity index (χ0) is 20.2. The standard InChI is InChI=1S/C22H19FN4OS/c1-27-12-11-24-21(27)20(15-7-9-17(23)10-8-15)26-19(28)13-18-14-29-22(25-18)16-5-3-2-4-6-16/h2-12,14,20H,13H2,1H3,(H,26,28). The van der Waals surface area contributed by atoms with E-state index in [0.29, 0.717) is 11.5 Å². The maximum Gasteiger partial charge on any atom is 0.226 e. The van der Waals surface area contributed by atoms with E-state index in [1.165, 1.54) is 23.5 Å². The molecule has 5 nitrogen and oxygen atoms in total. The van der Waals surface area contributed by atoms with E-state index in [2.05, 4.69) is 15.3 Å². The normalized spacial score (nSPS) is 11.9. The molecule has 0 aliphatic rings. The molecule has 4 rings (SSSR count). The Labute approximate surface area is 171 Å². The van der Waals surface area contributed by atoms with Crippen molar-refractivity contribution in [3.05, 3.63) is 95.3 Å². The van der Waals surface area contributed by atoms with E-state index in [1.54, 1.807) is 18.3 Å². The second kappa shape index (κ2) is 8.36. The fraction of sp³-hybridized carbons (Fsp3) is 0.136. The molecular formula is C22H19FN4OS. The van der Waals surface area contributed by atoms with Crippen LogP contribution in [0.2, 0.25) is 0 Å². The number of halogens is 1. The lowest BCUT2D eigenvalue weighted by atomic mass is 10.1. The summed E-state index contributed by atoms with van der Waals surface area (Å²) in [5, 5.41) is 5.79. The van der Waals surface area contributed by atoms with Crippen LogP contribution in [0.15, 0.2) is 72.4 Å². The highest BCUT2D eigenvalue weighted by molar-refractivity contribution is 7.13. The lowest BCUT2D eigenvalue weighted by Crippen LogP contribution is -2.32. The van der Waals surface area contributed by atoms with Crippen molar-refractivity contribution in [2.45, 2.75) is 12.5 Å². The van der Waals surface area contributed by atoms with Crippen molar-refractivity contribution >= 4 is 17.2 Å². The van der Waals surface area contributed by atoms with E-state index < -0.39 is 6.04 Å². The van der Waals surface area contributed by atoms with Gasteiger partial charge in [0.05, 0.1) is 12.1 Å². The van der Waals surface area contributed by atoms with E-state index in [0.717, 1.165) is 16.1 Å². The molecule has 0 radical (unpaired) electrons. The topological polar surface area (TPSA) is 59.8 Å².